The first kappa shape index (κ1) is 13.1. The molecular weight excluding hydrogens is 273 g/mol. The third kappa shape index (κ3) is 2.84. The number of carboxylic acid groups (broad SMARTS) is 1. The molecule has 0 bridgehead atoms. The molecule has 0 fully saturated rings. The summed E-state index contributed by atoms with van der Waals surface area (Å²) >= 11 is 0. The Morgan fingerprint density at radius 1 is 1.24 bits per heavy atom. The zero-order valence-corrected chi connectivity index (χ0v) is 10.9. The maximum absolute atomic E-state index is 13.1. The number of hydrogen-bond donors (Lipinski definition) is 3. The zero-order chi connectivity index (χ0) is 14.8. The quantitative estimate of drug-likeness (QED) is 0.688. The highest BCUT2D eigenvalue weighted by Crippen LogP contribution is 2.16. The molecule has 0 aliphatic rings. The highest BCUT2D eigenvalue weighted by Gasteiger charge is 2.04. The lowest BCUT2D eigenvalue weighted by molar-refractivity contribution is 0.0697. The van der Waals surface area contributed by atoms with Gasteiger partial charge in [-0.25, -0.2) is 14.2 Å². The molecule has 5 nitrogen and oxygen atoms in total. The van der Waals surface area contributed by atoms with Crippen LogP contribution in [0.5, 0.6) is 0 Å². The smallest absolute Gasteiger partial charge is 0.335 e. The molecule has 0 radical (unpaired) electrons. The van der Waals surface area contributed by atoms with Gasteiger partial charge in [-0.2, -0.15) is 0 Å². The van der Waals surface area contributed by atoms with Crippen LogP contribution in [0.2, 0.25) is 0 Å². The summed E-state index contributed by atoms with van der Waals surface area (Å²) in [5.41, 5.74) is 2.48. The van der Waals surface area contributed by atoms with Crippen LogP contribution in [0.3, 0.4) is 0 Å². The van der Waals surface area contributed by atoms with Crippen LogP contribution in [0.1, 0.15) is 15.9 Å². The molecule has 0 saturated carbocycles. The number of carbonyl (C=O) groups is 1. The lowest BCUT2D eigenvalue weighted by Gasteiger charge is -2.03. The molecular formula is C15H12FN3O2. The van der Waals surface area contributed by atoms with Crippen LogP contribution in [0.15, 0.2) is 42.5 Å². The van der Waals surface area contributed by atoms with Crippen LogP contribution in [0.4, 0.5) is 10.3 Å². The lowest BCUT2D eigenvalue weighted by Crippen LogP contribution is -2.02. The molecule has 106 valence electrons. The molecule has 1 aromatic heterocycles. The molecule has 0 spiro atoms. The number of imidazole rings is 1. The van der Waals surface area contributed by atoms with Gasteiger partial charge in [-0.15, -0.1) is 0 Å². The fraction of sp³-hybridized carbons (Fsp3) is 0.0667. The molecule has 0 atom stereocenters. The molecule has 0 amide bonds. The maximum Gasteiger partial charge on any atom is 0.335 e. The average Bonchev–Trinajstić information content (AvgIpc) is 2.87. The molecule has 3 rings (SSSR count). The van der Waals surface area contributed by atoms with E-state index in [0.717, 1.165) is 5.56 Å². The average molecular weight is 285 g/mol. The van der Waals surface area contributed by atoms with E-state index in [1.54, 1.807) is 30.3 Å². The van der Waals surface area contributed by atoms with Gasteiger partial charge in [-0.1, -0.05) is 12.1 Å². The number of aromatic carboxylic acids is 1. The SMILES string of the molecule is O=C(O)c1ccc(CNc2nc3ccc(F)cc3[nH]2)cc1. The van der Waals surface area contributed by atoms with Crippen molar-refractivity contribution >= 4 is 23.0 Å². The Kier molecular flexibility index (Phi) is 3.27. The van der Waals surface area contributed by atoms with Crippen molar-refractivity contribution in [3.63, 3.8) is 0 Å². The van der Waals surface area contributed by atoms with E-state index in [2.05, 4.69) is 15.3 Å². The van der Waals surface area contributed by atoms with Gasteiger partial charge in [0.25, 0.3) is 0 Å². The van der Waals surface area contributed by atoms with Crippen LogP contribution in [-0.2, 0) is 6.54 Å². The van der Waals surface area contributed by atoms with Gasteiger partial charge < -0.3 is 15.4 Å². The minimum absolute atomic E-state index is 0.248. The summed E-state index contributed by atoms with van der Waals surface area (Å²) in [6.45, 7) is 0.488. The van der Waals surface area contributed by atoms with Crippen LogP contribution in [0.25, 0.3) is 11.0 Å². The summed E-state index contributed by atoms with van der Waals surface area (Å²) in [5, 5.41) is 11.9. The maximum atomic E-state index is 13.1. The molecule has 3 aromatic rings. The van der Waals surface area contributed by atoms with Crippen molar-refractivity contribution < 1.29 is 14.3 Å². The van der Waals surface area contributed by atoms with Gasteiger partial charge >= 0.3 is 5.97 Å². The van der Waals surface area contributed by atoms with Crippen molar-refractivity contribution in [3.05, 3.63) is 59.4 Å². The monoisotopic (exact) mass is 285 g/mol. The normalized spacial score (nSPS) is 10.7. The van der Waals surface area contributed by atoms with Gasteiger partial charge in [-0.05, 0) is 35.9 Å². The van der Waals surface area contributed by atoms with Gasteiger partial charge in [0, 0.05) is 6.54 Å². The van der Waals surface area contributed by atoms with Gasteiger partial charge in [0.05, 0.1) is 16.6 Å². The molecule has 1 heterocycles. The standard InChI is InChI=1S/C15H12FN3O2/c16-11-5-6-12-13(7-11)19-15(18-12)17-8-9-1-3-10(4-2-9)14(20)21/h1-7H,8H2,(H,20,21)(H2,17,18,19). The molecule has 6 heteroatoms. The second-order valence-electron chi connectivity index (χ2n) is 4.60. The third-order valence-electron chi connectivity index (χ3n) is 3.10. The summed E-state index contributed by atoms with van der Waals surface area (Å²) in [4.78, 5) is 18.0. The number of anilines is 1. The van der Waals surface area contributed by atoms with E-state index >= 15 is 0 Å². The number of aromatic amines is 1. The van der Waals surface area contributed by atoms with Crippen molar-refractivity contribution in [2.45, 2.75) is 6.54 Å². The first-order chi connectivity index (χ1) is 10.1. The largest absolute Gasteiger partial charge is 0.478 e. The fourth-order valence-corrected chi connectivity index (χ4v) is 2.02. The van der Waals surface area contributed by atoms with Crippen molar-refractivity contribution in [1.29, 1.82) is 0 Å². The van der Waals surface area contributed by atoms with Gasteiger partial charge in [0.1, 0.15) is 5.82 Å². The Morgan fingerprint density at radius 3 is 2.71 bits per heavy atom. The summed E-state index contributed by atoms with van der Waals surface area (Å²) < 4.78 is 13.1. The number of nitrogens with zero attached hydrogens (tertiary/aromatic N) is 1. The lowest BCUT2D eigenvalue weighted by atomic mass is 10.1. The van der Waals surface area contributed by atoms with Crippen molar-refractivity contribution in [3.8, 4) is 0 Å². The number of fused-ring (bicyclic) bond motifs is 1. The first-order valence-corrected chi connectivity index (χ1v) is 6.33. The van der Waals surface area contributed by atoms with E-state index < -0.39 is 5.97 Å². The molecule has 2 aromatic carbocycles. The van der Waals surface area contributed by atoms with Gasteiger partial charge in [0.2, 0.25) is 5.95 Å². The van der Waals surface area contributed by atoms with E-state index in [-0.39, 0.29) is 11.4 Å². The minimum atomic E-state index is -0.950. The number of nitrogens with one attached hydrogen (secondary N) is 2. The molecule has 0 aliphatic heterocycles. The molecule has 0 aliphatic carbocycles. The van der Waals surface area contributed by atoms with E-state index in [4.69, 9.17) is 5.11 Å². The molecule has 21 heavy (non-hydrogen) atoms. The van der Waals surface area contributed by atoms with E-state index in [1.165, 1.54) is 12.1 Å². The van der Waals surface area contributed by atoms with Crippen LogP contribution in [-0.4, -0.2) is 21.0 Å². The Morgan fingerprint density at radius 2 is 2.00 bits per heavy atom. The van der Waals surface area contributed by atoms with E-state index in [9.17, 15) is 9.18 Å². The second-order valence-corrected chi connectivity index (χ2v) is 4.60. The Hall–Kier alpha value is -2.89. The number of hydrogen-bond acceptors (Lipinski definition) is 3. The zero-order valence-electron chi connectivity index (χ0n) is 10.9. The number of benzene rings is 2. The highest BCUT2D eigenvalue weighted by atomic mass is 19.1. The number of rotatable bonds is 4. The van der Waals surface area contributed by atoms with Crippen LogP contribution in [0, 0.1) is 5.82 Å². The van der Waals surface area contributed by atoms with E-state index in [1.807, 2.05) is 0 Å². The predicted molar refractivity (Wildman–Crippen MR) is 76.8 cm³/mol. The summed E-state index contributed by atoms with van der Waals surface area (Å²) in [6.07, 6.45) is 0. The Balaban J connectivity index is 1.72. The van der Waals surface area contributed by atoms with Crippen LogP contribution < -0.4 is 5.32 Å². The fourth-order valence-electron chi connectivity index (χ4n) is 2.02. The summed E-state index contributed by atoms with van der Waals surface area (Å²) in [7, 11) is 0. The first-order valence-electron chi connectivity index (χ1n) is 6.33. The molecule has 3 N–H and O–H groups in total. The number of halogens is 1. The molecule has 0 saturated heterocycles. The van der Waals surface area contributed by atoms with Crippen LogP contribution >= 0.6 is 0 Å². The van der Waals surface area contributed by atoms with Crippen molar-refractivity contribution in [2.24, 2.45) is 0 Å². The molecule has 0 unspecified atom stereocenters. The van der Waals surface area contributed by atoms with Crippen molar-refractivity contribution in [2.75, 3.05) is 5.32 Å². The Bertz CT molecular complexity index is 796. The number of carboxylic acids is 1. The minimum Gasteiger partial charge on any atom is -0.478 e. The highest BCUT2D eigenvalue weighted by molar-refractivity contribution is 5.87. The van der Waals surface area contributed by atoms with E-state index in [0.29, 0.717) is 23.5 Å². The predicted octanol–water partition coefficient (Wildman–Crippen LogP) is 3.01. The second kappa shape index (κ2) is 5.24. The number of H-pyrrole nitrogens is 1. The summed E-state index contributed by atoms with van der Waals surface area (Å²) in [6, 6.07) is 10.9. The summed E-state index contributed by atoms with van der Waals surface area (Å²) in [5.74, 6) is -0.728. The topological polar surface area (TPSA) is 78.0 Å². The van der Waals surface area contributed by atoms with Gasteiger partial charge in [0.15, 0.2) is 0 Å². The third-order valence-corrected chi connectivity index (χ3v) is 3.10. The van der Waals surface area contributed by atoms with Gasteiger partial charge in [-0.3, -0.25) is 0 Å². The number of aromatic nitrogens is 2. The van der Waals surface area contributed by atoms with Crippen molar-refractivity contribution in [1.82, 2.24) is 9.97 Å². The Labute approximate surface area is 119 Å².